The fourth-order valence-electron chi connectivity index (χ4n) is 1.53. The second-order valence-corrected chi connectivity index (χ2v) is 3.57. The van der Waals surface area contributed by atoms with Crippen LogP contribution in [0.1, 0.15) is 17.5 Å². The molecule has 0 aliphatic rings. The van der Waals surface area contributed by atoms with Gasteiger partial charge < -0.3 is 20.0 Å². The fraction of sp³-hybridized carbons (Fsp3) is 0.167. The van der Waals surface area contributed by atoms with Gasteiger partial charge in [0.2, 0.25) is 5.76 Å². The predicted octanol–water partition coefficient (Wildman–Crippen LogP) is 1.26. The minimum atomic E-state index is -0.751. The van der Waals surface area contributed by atoms with Crippen LogP contribution in [0.3, 0.4) is 0 Å². The van der Waals surface area contributed by atoms with Gasteiger partial charge in [-0.05, 0) is 19.1 Å². The molecule has 0 amide bonds. The molecule has 0 saturated carbocycles. The summed E-state index contributed by atoms with van der Waals surface area (Å²) in [5.41, 5.74) is 5.06. The van der Waals surface area contributed by atoms with Crippen LogP contribution in [0.25, 0.3) is 11.0 Å². The van der Waals surface area contributed by atoms with Crippen molar-refractivity contribution in [2.45, 2.75) is 6.92 Å². The van der Waals surface area contributed by atoms with Gasteiger partial charge in [-0.25, -0.2) is 4.79 Å². The number of hydrogen-bond acceptors (Lipinski definition) is 6. The lowest BCUT2D eigenvalue weighted by molar-refractivity contribution is 0.0490. The number of esters is 1. The van der Waals surface area contributed by atoms with Crippen LogP contribution < -0.4 is 11.2 Å². The van der Waals surface area contributed by atoms with Crippen molar-refractivity contribution in [2.75, 3.05) is 12.3 Å². The Morgan fingerprint density at radius 3 is 2.89 bits per heavy atom. The number of phenolic OH excluding ortho intramolecular Hbond substituents is 1. The highest BCUT2D eigenvalue weighted by Gasteiger charge is 2.15. The van der Waals surface area contributed by atoms with Gasteiger partial charge in [0.25, 0.3) is 0 Å². The first-order valence-corrected chi connectivity index (χ1v) is 5.27. The molecule has 0 bridgehead atoms. The fourth-order valence-corrected chi connectivity index (χ4v) is 1.53. The zero-order valence-corrected chi connectivity index (χ0v) is 9.60. The number of hydrogen-bond donors (Lipinski definition) is 2. The molecule has 18 heavy (non-hydrogen) atoms. The first-order valence-electron chi connectivity index (χ1n) is 5.27. The summed E-state index contributed by atoms with van der Waals surface area (Å²) in [5, 5.41) is 9.63. The first kappa shape index (κ1) is 12.0. The van der Waals surface area contributed by atoms with E-state index < -0.39 is 11.4 Å². The van der Waals surface area contributed by atoms with E-state index in [2.05, 4.69) is 0 Å². The number of fused-ring (bicyclic) bond motifs is 1. The largest absolute Gasteiger partial charge is 0.506 e. The van der Waals surface area contributed by atoms with Crippen molar-refractivity contribution in [3.8, 4) is 5.75 Å². The number of anilines is 1. The van der Waals surface area contributed by atoms with Crippen LogP contribution in [0.4, 0.5) is 5.69 Å². The molecule has 0 aliphatic carbocycles. The Hall–Kier alpha value is -2.50. The number of carbonyl (C=O) groups excluding carboxylic acids is 1. The van der Waals surface area contributed by atoms with E-state index in [0.29, 0.717) is 0 Å². The quantitative estimate of drug-likeness (QED) is 0.471. The molecule has 0 unspecified atom stereocenters. The molecule has 0 aliphatic heterocycles. The van der Waals surface area contributed by atoms with Gasteiger partial charge in [0.1, 0.15) is 11.4 Å². The van der Waals surface area contributed by atoms with Crippen molar-refractivity contribution in [3.63, 3.8) is 0 Å². The number of benzene rings is 1. The molecule has 1 aromatic carbocycles. The zero-order valence-electron chi connectivity index (χ0n) is 9.60. The summed E-state index contributed by atoms with van der Waals surface area (Å²) in [6.45, 7) is 1.80. The Kier molecular flexibility index (Phi) is 2.93. The topological polar surface area (TPSA) is 103 Å². The van der Waals surface area contributed by atoms with Crippen molar-refractivity contribution in [1.82, 2.24) is 0 Å². The van der Waals surface area contributed by atoms with Crippen LogP contribution in [0.2, 0.25) is 0 Å². The van der Waals surface area contributed by atoms with E-state index in [1.165, 1.54) is 12.1 Å². The zero-order chi connectivity index (χ0) is 13.3. The van der Waals surface area contributed by atoms with Crippen LogP contribution in [0.5, 0.6) is 5.75 Å². The number of rotatable bonds is 2. The van der Waals surface area contributed by atoms with E-state index >= 15 is 0 Å². The van der Waals surface area contributed by atoms with E-state index in [4.69, 9.17) is 14.9 Å². The van der Waals surface area contributed by atoms with Gasteiger partial charge in [-0.1, -0.05) is 0 Å². The molecule has 2 aromatic rings. The average molecular weight is 249 g/mol. The summed E-state index contributed by atoms with van der Waals surface area (Å²) >= 11 is 0. The average Bonchev–Trinajstić information content (AvgIpc) is 2.34. The maximum Gasteiger partial charge on any atom is 0.374 e. The first-order chi connectivity index (χ1) is 8.54. The van der Waals surface area contributed by atoms with E-state index in [9.17, 15) is 14.7 Å². The molecule has 1 aromatic heterocycles. The van der Waals surface area contributed by atoms with Crippen molar-refractivity contribution < 1.29 is 19.1 Å². The minimum Gasteiger partial charge on any atom is -0.506 e. The van der Waals surface area contributed by atoms with Gasteiger partial charge in [0, 0.05) is 6.07 Å². The van der Waals surface area contributed by atoms with E-state index in [-0.39, 0.29) is 34.8 Å². The number of aromatic hydroxyl groups is 1. The van der Waals surface area contributed by atoms with Gasteiger partial charge in [-0.3, -0.25) is 4.79 Å². The van der Waals surface area contributed by atoms with Crippen LogP contribution >= 0.6 is 0 Å². The molecule has 3 N–H and O–H groups in total. The van der Waals surface area contributed by atoms with E-state index in [1.54, 1.807) is 6.92 Å². The molecular weight excluding hydrogens is 238 g/mol. The van der Waals surface area contributed by atoms with Crippen molar-refractivity contribution in [2.24, 2.45) is 0 Å². The Morgan fingerprint density at radius 1 is 1.50 bits per heavy atom. The standard InChI is InChI=1S/C12H11NO5/c1-2-17-12(16)9-5-8(15)6-3-4-7(14)10(13)11(6)18-9/h3-5,14H,2,13H2,1H3. The molecule has 1 heterocycles. The van der Waals surface area contributed by atoms with Crippen LogP contribution in [-0.4, -0.2) is 17.7 Å². The third-order valence-corrected chi connectivity index (χ3v) is 2.39. The molecule has 0 atom stereocenters. The van der Waals surface area contributed by atoms with Crippen LogP contribution in [0.15, 0.2) is 27.4 Å². The van der Waals surface area contributed by atoms with Crippen molar-refractivity contribution >= 4 is 22.6 Å². The highest BCUT2D eigenvalue weighted by atomic mass is 16.5. The maximum absolute atomic E-state index is 11.8. The second kappa shape index (κ2) is 4.40. The molecule has 0 fully saturated rings. The van der Waals surface area contributed by atoms with Gasteiger partial charge in [-0.2, -0.15) is 0 Å². The highest BCUT2D eigenvalue weighted by Crippen LogP contribution is 2.28. The van der Waals surface area contributed by atoms with Crippen molar-refractivity contribution in [1.29, 1.82) is 0 Å². The monoisotopic (exact) mass is 249 g/mol. The van der Waals surface area contributed by atoms with E-state index in [1.807, 2.05) is 0 Å². The maximum atomic E-state index is 11.8. The predicted molar refractivity (Wildman–Crippen MR) is 64.5 cm³/mol. The van der Waals surface area contributed by atoms with Crippen LogP contribution in [-0.2, 0) is 4.74 Å². The lowest BCUT2D eigenvalue weighted by Crippen LogP contribution is -2.10. The summed E-state index contributed by atoms with van der Waals surface area (Å²) in [6, 6.07) is 3.71. The smallest absolute Gasteiger partial charge is 0.374 e. The van der Waals surface area contributed by atoms with Gasteiger partial charge in [0.15, 0.2) is 11.0 Å². The SMILES string of the molecule is CCOC(=O)c1cc(=O)c2ccc(O)c(N)c2o1. The van der Waals surface area contributed by atoms with Crippen molar-refractivity contribution in [3.05, 3.63) is 34.2 Å². The number of nitrogen functional groups attached to an aromatic ring is 1. The third-order valence-electron chi connectivity index (χ3n) is 2.39. The molecule has 94 valence electrons. The molecule has 0 radical (unpaired) electrons. The Morgan fingerprint density at radius 2 is 2.22 bits per heavy atom. The molecule has 2 rings (SSSR count). The summed E-state index contributed by atoms with van der Waals surface area (Å²) in [5.74, 6) is -1.21. The van der Waals surface area contributed by atoms with Gasteiger partial charge >= 0.3 is 5.97 Å². The third kappa shape index (κ3) is 1.88. The van der Waals surface area contributed by atoms with Crippen LogP contribution in [0, 0.1) is 0 Å². The Labute approximate surface area is 102 Å². The van der Waals surface area contributed by atoms with Gasteiger partial charge in [0.05, 0.1) is 12.0 Å². The number of phenols is 1. The summed E-state index contributed by atoms with van der Waals surface area (Å²) in [6.07, 6.45) is 0. The van der Waals surface area contributed by atoms with Gasteiger partial charge in [-0.15, -0.1) is 0 Å². The molecule has 0 saturated heterocycles. The summed E-state index contributed by atoms with van der Waals surface area (Å²) < 4.78 is 9.94. The number of carbonyl (C=O) groups is 1. The number of ether oxygens (including phenoxy) is 1. The molecule has 0 spiro atoms. The second-order valence-electron chi connectivity index (χ2n) is 3.57. The summed E-state index contributed by atoms with van der Waals surface area (Å²) in [7, 11) is 0. The molecular formula is C12H11NO5. The Balaban J connectivity index is 2.71. The lowest BCUT2D eigenvalue weighted by Gasteiger charge is -2.05. The lowest BCUT2D eigenvalue weighted by atomic mass is 10.2. The highest BCUT2D eigenvalue weighted by molar-refractivity contribution is 5.94. The van der Waals surface area contributed by atoms with E-state index in [0.717, 1.165) is 6.07 Å². The normalized spacial score (nSPS) is 10.5. The number of nitrogens with two attached hydrogens (primary N) is 1. The summed E-state index contributed by atoms with van der Waals surface area (Å²) in [4.78, 5) is 23.2. The minimum absolute atomic E-state index is 0.0226. The molecule has 6 heteroatoms. The molecule has 6 nitrogen and oxygen atoms in total. The Bertz CT molecular complexity index is 674.